The average Bonchev–Trinajstić information content (AvgIpc) is 3.18. The van der Waals surface area contributed by atoms with Gasteiger partial charge >= 0.3 is 0 Å². The third kappa shape index (κ3) is 4.52. The van der Waals surface area contributed by atoms with Crippen molar-refractivity contribution >= 4 is 54.3 Å². The molecule has 1 aliphatic heterocycles. The Bertz CT molecular complexity index is 1420. The van der Waals surface area contributed by atoms with Gasteiger partial charge in [-0.3, -0.25) is 14.9 Å². The molecule has 1 amide bonds. The van der Waals surface area contributed by atoms with E-state index in [4.69, 9.17) is 4.74 Å². The van der Waals surface area contributed by atoms with Gasteiger partial charge in [-0.25, -0.2) is 4.98 Å². The van der Waals surface area contributed by atoms with Crippen molar-refractivity contribution in [1.29, 1.82) is 0 Å². The van der Waals surface area contributed by atoms with E-state index in [1.54, 1.807) is 7.11 Å². The summed E-state index contributed by atoms with van der Waals surface area (Å²) >= 11 is 4.89. The van der Waals surface area contributed by atoms with Gasteiger partial charge in [0, 0.05) is 39.4 Å². The fraction of sp³-hybridized carbons (Fsp3) is 0.296. The number of benzene rings is 2. The van der Waals surface area contributed by atoms with Crippen molar-refractivity contribution in [3.8, 4) is 5.75 Å². The lowest BCUT2D eigenvalue weighted by Gasteiger charge is -2.39. The summed E-state index contributed by atoms with van der Waals surface area (Å²) in [6.07, 6.45) is 1.20. The highest BCUT2D eigenvalue weighted by molar-refractivity contribution is 9.10. The van der Waals surface area contributed by atoms with Crippen LogP contribution < -0.4 is 15.4 Å². The first-order chi connectivity index (χ1) is 16.6. The van der Waals surface area contributed by atoms with Crippen LogP contribution in [0, 0.1) is 5.41 Å². The highest BCUT2D eigenvalue weighted by Gasteiger charge is 2.42. The van der Waals surface area contributed by atoms with Crippen molar-refractivity contribution in [1.82, 2.24) is 10.3 Å². The van der Waals surface area contributed by atoms with Crippen molar-refractivity contribution in [3.05, 3.63) is 75.0 Å². The van der Waals surface area contributed by atoms with E-state index in [0.717, 1.165) is 43.8 Å². The zero-order valence-electron chi connectivity index (χ0n) is 20.0. The molecule has 1 aliphatic carbocycles. The number of ketones is 1. The molecule has 6 nitrogen and oxygen atoms in total. The number of carbonyl (C=O) groups is 2. The second kappa shape index (κ2) is 8.91. The van der Waals surface area contributed by atoms with Crippen LogP contribution in [-0.2, 0) is 9.59 Å². The number of methoxy groups -OCH3 is 1. The van der Waals surface area contributed by atoms with Crippen LogP contribution in [0.2, 0.25) is 0 Å². The Kier molecular flexibility index (Phi) is 6.05. The summed E-state index contributed by atoms with van der Waals surface area (Å²) in [7, 11) is 1.62. The lowest BCUT2D eigenvalue weighted by atomic mass is 9.68. The van der Waals surface area contributed by atoms with Crippen molar-refractivity contribution in [2.24, 2.45) is 5.41 Å². The number of carbonyl (C=O) groups excluding carboxylic acids is 2. The quantitative estimate of drug-likeness (QED) is 0.397. The van der Waals surface area contributed by atoms with E-state index in [9.17, 15) is 9.59 Å². The molecule has 0 spiro atoms. The summed E-state index contributed by atoms with van der Waals surface area (Å²) in [6, 6.07) is 13.4. The number of nitrogens with zero attached hydrogens (tertiary/aromatic N) is 1. The molecule has 2 aliphatic rings. The highest BCUT2D eigenvalue weighted by atomic mass is 79.9. The van der Waals surface area contributed by atoms with E-state index in [1.165, 1.54) is 11.3 Å². The molecule has 0 fully saturated rings. The Hall–Kier alpha value is -2.97. The van der Waals surface area contributed by atoms with Crippen LogP contribution in [0.25, 0.3) is 10.2 Å². The Morgan fingerprint density at radius 1 is 1.20 bits per heavy atom. The number of hydrogen-bond donors (Lipinski definition) is 2. The van der Waals surface area contributed by atoms with E-state index < -0.39 is 5.92 Å². The molecule has 5 rings (SSSR count). The highest BCUT2D eigenvalue weighted by Crippen LogP contribution is 2.47. The molecule has 180 valence electrons. The van der Waals surface area contributed by atoms with Gasteiger partial charge in [-0.15, -0.1) is 0 Å². The molecule has 2 heterocycles. The number of ether oxygens (including phenoxy) is 1. The molecule has 2 N–H and O–H groups in total. The molecular weight excluding hydrogens is 526 g/mol. The summed E-state index contributed by atoms with van der Waals surface area (Å²) < 4.78 is 7.25. The minimum Gasteiger partial charge on any atom is -0.497 e. The van der Waals surface area contributed by atoms with Gasteiger partial charge in [-0.1, -0.05) is 53.2 Å². The number of amides is 1. The number of Topliss-reactive ketones (excluding diaryl/α,β-unsaturated/α-hetero) is 1. The number of rotatable bonds is 4. The number of anilines is 1. The molecule has 0 saturated carbocycles. The zero-order valence-corrected chi connectivity index (χ0v) is 22.4. The van der Waals surface area contributed by atoms with Crippen molar-refractivity contribution < 1.29 is 14.3 Å². The molecule has 8 heteroatoms. The van der Waals surface area contributed by atoms with Crippen LogP contribution in [0.4, 0.5) is 5.13 Å². The number of dihydropyridines is 1. The first-order valence-electron chi connectivity index (χ1n) is 11.4. The molecule has 2 aromatic carbocycles. The Balaban J connectivity index is 1.56. The number of hydrogen-bond acceptors (Lipinski definition) is 6. The van der Waals surface area contributed by atoms with E-state index in [2.05, 4.69) is 45.4 Å². The van der Waals surface area contributed by atoms with Crippen LogP contribution in [0.15, 0.2) is 69.5 Å². The molecule has 0 bridgehead atoms. The predicted octanol–water partition coefficient (Wildman–Crippen LogP) is 6.31. The molecule has 0 saturated heterocycles. The molecule has 0 radical (unpaired) electrons. The second-order valence-electron chi connectivity index (χ2n) is 9.79. The van der Waals surface area contributed by atoms with Gasteiger partial charge < -0.3 is 10.1 Å². The fourth-order valence-corrected chi connectivity index (χ4v) is 6.18. The SMILES string of the molecule is COc1ccc([C@@H]2C(C(=O)Nc3nc4cc(Br)ccc4s3)=C(C)NC3=C2C(=O)CC(C)(C)C3)cc1. The van der Waals surface area contributed by atoms with Crippen LogP contribution >= 0.6 is 27.3 Å². The summed E-state index contributed by atoms with van der Waals surface area (Å²) in [5.74, 6) is 0.0648. The minimum atomic E-state index is -0.468. The van der Waals surface area contributed by atoms with E-state index in [0.29, 0.717) is 22.7 Å². The first-order valence-corrected chi connectivity index (χ1v) is 13.0. The van der Waals surface area contributed by atoms with Gasteiger partial charge in [0.15, 0.2) is 10.9 Å². The summed E-state index contributed by atoms with van der Waals surface area (Å²) in [4.78, 5) is 31.8. The van der Waals surface area contributed by atoms with Crippen molar-refractivity contribution in [2.45, 2.75) is 39.5 Å². The molecule has 3 aromatic rings. The van der Waals surface area contributed by atoms with Gasteiger partial charge in [0.25, 0.3) is 5.91 Å². The van der Waals surface area contributed by atoms with Gasteiger partial charge in [-0.2, -0.15) is 0 Å². The van der Waals surface area contributed by atoms with Gasteiger partial charge in [0.1, 0.15) is 5.75 Å². The number of aromatic nitrogens is 1. The molecule has 1 atom stereocenters. The van der Waals surface area contributed by atoms with Gasteiger partial charge in [0.2, 0.25) is 0 Å². The van der Waals surface area contributed by atoms with Crippen molar-refractivity contribution in [2.75, 3.05) is 12.4 Å². The number of halogens is 1. The topological polar surface area (TPSA) is 80.3 Å². The monoisotopic (exact) mass is 551 g/mol. The number of allylic oxidation sites excluding steroid dienone is 3. The Morgan fingerprint density at radius 2 is 1.94 bits per heavy atom. The lowest BCUT2D eigenvalue weighted by molar-refractivity contribution is -0.118. The predicted molar refractivity (Wildman–Crippen MR) is 143 cm³/mol. The van der Waals surface area contributed by atoms with Crippen LogP contribution in [-0.4, -0.2) is 23.8 Å². The zero-order chi connectivity index (χ0) is 24.9. The third-order valence-electron chi connectivity index (χ3n) is 6.50. The summed E-state index contributed by atoms with van der Waals surface area (Å²) in [5.41, 5.74) is 4.42. The smallest absolute Gasteiger partial charge is 0.256 e. The average molecular weight is 552 g/mol. The van der Waals surface area contributed by atoms with E-state index in [-0.39, 0.29) is 17.1 Å². The Labute approximate surface area is 216 Å². The largest absolute Gasteiger partial charge is 0.497 e. The van der Waals surface area contributed by atoms with E-state index in [1.807, 2.05) is 49.4 Å². The molecule has 35 heavy (non-hydrogen) atoms. The molecule has 1 aromatic heterocycles. The number of nitrogens with one attached hydrogen (secondary N) is 2. The summed E-state index contributed by atoms with van der Waals surface area (Å²) in [5, 5.41) is 6.92. The van der Waals surface area contributed by atoms with Crippen LogP contribution in [0.5, 0.6) is 5.75 Å². The van der Waals surface area contributed by atoms with Crippen LogP contribution in [0.3, 0.4) is 0 Å². The van der Waals surface area contributed by atoms with Gasteiger partial charge in [-0.05, 0) is 54.7 Å². The van der Waals surface area contributed by atoms with Crippen LogP contribution in [0.1, 0.15) is 45.1 Å². The van der Waals surface area contributed by atoms with Gasteiger partial charge in [0.05, 0.1) is 17.3 Å². The fourth-order valence-electron chi connectivity index (χ4n) is 4.99. The minimum absolute atomic E-state index is 0.0761. The standard InChI is InChI=1S/C27H26BrN3O3S/c1-14-22(25(33)31-26-30-18-11-16(28)7-10-21(18)35-26)23(15-5-8-17(34-4)9-6-15)24-19(29-14)12-27(2,3)13-20(24)32/h5-11,23,29H,12-13H2,1-4H3,(H,30,31,33)/t23-/m1/s1. The number of thiazole rings is 1. The summed E-state index contributed by atoms with van der Waals surface area (Å²) in [6.45, 7) is 6.10. The normalized spacial score (nSPS) is 19.5. The maximum atomic E-state index is 13.7. The molecular formula is C27H26BrN3O3S. The second-order valence-corrected chi connectivity index (χ2v) is 11.7. The Morgan fingerprint density at radius 3 is 2.66 bits per heavy atom. The first kappa shape index (κ1) is 23.8. The third-order valence-corrected chi connectivity index (χ3v) is 7.95. The maximum Gasteiger partial charge on any atom is 0.256 e. The molecule has 0 unspecified atom stereocenters. The van der Waals surface area contributed by atoms with E-state index >= 15 is 0 Å². The van der Waals surface area contributed by atoms with Crippen molar-refractivity contribution in [3.63, 3.8) is 0 Å². The maximum absolute atomic E-state index is 13.7. The lowest BCUT2D eigenvalue weighted by Crippen LogP contribution is -2.39. The number of fused-ring (bicyclic) bond motifs is 1.